The molecule has 1 saturated carbocycles. The zero-order valence-electron chi connectivity index (χ0n) is 17.9. The van der Waals surface area contributed by atoms with Crippen LogP contribution in [-0.4, -0.2) is 19.1 Å². The van der Waals surface area contributed by atoms with Crippen molar-refractivity contribution in [2.75, 3.05) is 7.11 Å². The van der Waals surface area contributed by atoms with Crippen molar-refractivity contribution in [3.05, 3.63) is 64.2 Å². The van der Waals surface area contributed by atoms with Gasteiger partial charge in [-0.3, -0.25) is 4.79 Å². The predicted molar refractivity (Wildman–Crippen MR) is 122 cm³/mol. The molecule has 5 nitrogen and oxygen atoms in total. The van der Waals surface area contributed by atoms with Gasteiger partial charge < -0.3 is 14.8 Å². The summed E-state index contributed by atoms with van der Waals surface area (Å²) >= 11 is 5.91. The van der Waals surface area contributed by atoms with E-state index in [0.717, 1.165) is 24.8 Å². The van der Waals surface area contributed by atoms with Crippen LogP contribution in [0.5, 0.6) is 11.5 Å². The number of halogens is 1. The number of amides is 1. The number of ether oxygens (including phenoxy) is 2. The molecule has 1 aliphatic rings. The average Bonchev–Trinajstić information content (AvgIpc) is 2.78. The van der Waals surface area contributed by atoms with E-state index in [-0.39, 0.29) is 17.5 Å². The molecular weight excluding hydrogens is 412 g/mol. The lowest BCUT2D eigenvalue weighted by molar-refractivity contribution is -0.118. The number of rotatable bonds is 7. The molecule has 2 atom stereocenters. The average molecular weight is 439 g/mol. The summed E-state index contributed by atoms with van der Waals surface area (Å²) in [6.45, 7) is 2.52. The first kappa shape index (κ1) is 22.7. The Kier molecular flexibility index (Phi) is 7.97. The first-order valence-electron chi connectivity index (χ1n) is 10.5. The van der Waals surface area contributed by atoms with Crippen LogP contribution in [0.25, 0.3) is 6.08 Å². The first-order chi connectivity index (χ1) is 15.0. The van der Waals surface area contributed by atoms with E-state index < -0.39 is 0 Å². The molecule has 0 aliphatic heterocycles. The zero-order chi connectivity index (χ0) is 22.2. The summed E-state index contributed by atoms with van der Waals surface area (Å²) in [6, 6.07) is 14.9. The Hall–Kier alpha value is -2.97. The van der Waals surface area contributed by atoms with Crippen LogP contribution < -0.4 is 14.8 Å². The lowest BCUT2D eigenvalue weighted by Gasteiger charge is -2.29. The van der Waals surface area contributed by atoms with Crippen molar-refractivity contribution in [2.45, 2.75) is 45.3 Å². The summed E-state index contributed by atoms with van der Waals surface area (Å²) in [7, 11) is 1.56. The van der Waals surface area contributed by atoms with Gasteiger partial charge >= 0.3 is 0 Å². The summed E-state index contributed by atoms with van der Waals surface area (Å²) in [4.78, 5) is 12.6. The van der Waals surface area contributed by atoms with E-state index in [2.05, 4.69) is 12.2 Å². The van der Waals surface area contributed by atoms with Gasteiger partial charge in [-0.1, -0.05) is 49.6 Å². The third-order valence-corrected chi connectivity index (χ3v) is 5.85. The molecule has 2 aromatic carbocycles. The fraction of sp³-hybridized carbons (Fsp3) is 0.360. The summed E-state index contributed by atoms with van der Waals surface area (Å²) in [5.41, 5.74) is 1.75. The Morgan fingerprint density at radius 2 is 1.94 bits per heavy atom. The van der Waals surface area contributed by atoms with Gasteiger partial charge in [0.05, 0.1) is 7.11 Å². The second-order valence-electron chi connectivity index (χ2n) is 7.84. The Bertz CT molecular complexity index is 979. The Labute approximate surface area is 188 Å². The topological polar surface area (TPSA) is 71.3 Å². The maximum Gasteiger partial charge on any atom is 0.262 e. The highest BCUT2D eigenvalue weighted by molar-refractivity contribution is 6.30. The van der Waals surface area contributed by atoms with Crippen LogP contribution in [0.4, 0.5) is 0 Å². The third-order valence-electron chi connectivity index (χ3n) is 5.60. The first-order valence-corrected chi connectivity index (χ1v) is 10.9. The highest BCUT2D eigenvalue weighted by Crippen LogP contribution is 2.30. The van der Waals surface area contributed by atoms with E-state index in [9.17, 15) is 10.1 Å². The van der Waals surface area contributed by atoms with Crippen LogP contribution in [-0.2, 0) is 11.4 Å². The Morgan fingerprint density at radius 1 is 1.19 bits per heavy atom. The quantitative estimate of drug-likeness (QED) is 0.455. The van der Waals surface area contributed by atoms with E-state index in [1.807, 2.05) is 30.3 Å². The largest absolute Gasteiger partial charge is 0.493 e. The van der Waals surface area contributed by atoms with E-state index >= 15 is 0 Å². The van der Waals surface area contributed by atoms with Crippen molar-refractivity contribution in [1.82, 2.24) is 5.32 Å². The number of nitrogens with one attached hydrogen (secondary N) is 1. The molecule has 31 heavy (non-hydrogen) atoms. The van der Waals surface area contributed by atoms with Crippen molar-refractivity contribution in [3.8, 4) is 17.6 Å². The number of methoxy groups -OCH3 is 1. The second kappa shape index (κ2) is 10.9. The number of nitriles is 1. The fourth-order valence-electron chi connectivity index (χ4n) is 3.73. The number of hydrogen-bond donors (Lipinski definition) is 1. The van der Waals surface area contributed by atoms with Gasteiger partial charge in [0.1, 0.15) is 18.2 Å². The number of carbonyl (C=O) groups is 1. The Balaban J connectivity index is 1.70. The molecule has 1 aliphatic carbocycles. The Morgan fingerprint density at radius 3 is 2.61 bits per heavy atom. The molecule has 0 heterocycles. The van der Waals surface area contributed by atoms with E-state index in [4.69, 9.17) is 21.1 Å². The van der Waals surface area contributed by atoms with Crippen LogP contribution in [0.1, 0.15) is 43.7 Å². The summed E-state index contributed by atoms with van der Waals surface area (Å²) in [5.74, 6) is 1.20. The summed E-state index contributed by atoms with van der Waals surface area (Å²) < 4.78 is 11.3. The van der Waals surface area contributed by atoms with Gasteiger partial charge in [0, 0.05) is 11.1 Å². The summed E-state index contributed by atoms with van der Waals surface area (Å²) in [5, 5.41) is 13.2. The van der Waals surface area contributed by atoms with Gasteiger partial charge in [-0.05, 0) is 60.2 Å². The maximum absolute atomic E-state index is 12.6. The van der Waals surface area contributed by atoms with Crippen molar-refractivity contribution in [3.63, 3.8) is 0 Å². The second-order valence-corrected chi connectivity index (χ2v) is 8.27. The van der Waals surface area contributed by atoms with Crippen LogP contribution in [0.3, 0.4) is 0 Å². The van der Waals surface area contributed by atoms with E-state index in [1.165, 1.54) is 6.42 Å². The highest BCUT2D eigenvalue weighted by atomic mass is 35.5. The van der Waals surface area contributed by atoms with Gasteiger partial charge in [0.25, 0.3) is 5.91 Å². The molecule has 6 heteroatoms. The molecule has 1 fully saturated rings. The molecule has 0 saturated heterocycles. The van der Waals surface area contributed by atoms with Crippen LogP contribution in [0.2, 0.25) is 5.02 Å². The summed E-state index contributed by atoms with van der Waals surface area (Å²) in [6.07, 6.45) is 5.94. The fourth-order valence-corrected chi connectivity index (χ4v) is 3.85. The predicted octanol–water partition coefficient (Wildman–Crippen LogP) is 5.53. The molecule has 1 amide bonds. The van der Waals surface area contributed by atoms with Crippen molar-refractivity contribution in [1.29, 1.82) is 5.26 Å². The van der Waals surface area contributed by atoms with Crippen LogP contribution >= 0.6 is 11.6 Å². The maximum atomic E-state index is 12.6. The molecule has 0 radical (unpaired) electrons. The zero-order valence-corrected chi connectivity index (χ0v) is 18.6. The molecule has 0 bridgehead atoms. The number of nitrogens with zero attached hydrogens (tertiary/aromatic N) is 1. The molecule has 0 unspecified atom stereocenters. The SMILES string of the molecule is COc1cc(/C=C(\C#N)C(=O)N[C@H]2CCCC[C@H]2C)ccc1OCc1ccc(Cl)cc1. The lowest BCUT2D eigenvalue weighted by atomic mass is 9.86. The molecule has 0 aromatic heterocycles. The van der Waals surface area contributed by atoms with E-state index in [0.29, 0.717) is 34.6 Å². The molecule has 162 valence electrons. The number of hydrogen-bond acceptors (Lipinski definition) is 4. The molecular formula is C25H27ClN2O3. The number of benzene rings is 2. The number of carbonyl (C=O) groups excluding carboxylic acids is 1. The minimum absolute atomic E-state index is 0.0784. The van der Waals surface area contributed by atoms with Crippen molar-refractivity contribution in [2.24, 2.45) is 5.92 Å². The van der Waals surface area contributed by atoms with Crippen molar-refractivity contribution < 1.29 is 14.3 Å². The smallest absolute Gasteiger partial charge is 0.262 e. The monoisotopic (exact) mass is 438 g/mol. The van der Waals surface area contributed by atoms with Gasteiger partial charge in [0.2, 0.25) is 0 Å². The van der Waals surface area contributed by atoms with Gasteiger partial charge in [-0.25, -0.2) is 0 Å². The van der Waals surface area contributed by atoms with Crippen LogP contribution in [0, 0.1) is 17.2 Å². The van der Waals surface area contributed by atoms with Crippen molar-refractivity contribution >= 4 is 23.6 Å². The minimum atomic E-state index is -0.330. The lowest BCUT2D eigenvalue weighted by Crippen LogP contribution is -2.41. The van der Waals surface area contributed by atoms with Gasteiger partial charge in [0.15, 0.2) is 11.5 Å². The minimum Gasteiger partial charge on any atom is -0.493 e. The molecule has 1 N–H and O–H groups in total. The van der Waals surface area contributed by atoms with Gasteiger partial charge in [-0.2, -0.15) is 5.26 Å². The van der Waals surface area contributed by atoms with Gasteiger partial charge in [-0.15, -0.1) is 0 Å². The van der Waals surface area contributed by atoms with Crippen LogP contribution in [0.15, 0.2) is 48.0 Å². The van der Waals surface area contributed by atoms with E-state index in [1.54, 1.807) is 31.4 Å². The molecule has 2 aromatic rings. The highest BCUT2D eigenvalue weighted by Gasteiger charge is 2.24. The third kappa shape index (κ3) is 6.26. The standard InChI is InChI=1S/C25H27ClN2O3/c1-17-5-3-4-6-22(17)28-25(29)20(15-27)13-19-9-12-23(24(14-19)30-2)31-16-18-7-10-21(26)11-8-18/h7-14,17,22H,3-6,16H2,1-2H3,(H,28,29)/b20-13+/t17-,22+/m1/s1. The normalized spacial score (nSPS) is 18.7. The molecule has 0 spiro atoms. The molecule has 3 rings (SSSR count).